The van der Waals surface area contributed by atoms with Gasteiger partial charge in [0.15, 0.2) is 5.65 Å². The summed E-state index contributed by atoms with van der Waals surface area (Å²) in [5.74, 6) is -0.754. The Bertz CT molecular complexity index is 1270. The number of benzene rings is 1. The minimum atomic E-state index is -0.587. The first-order chi connectivity index (χ1) is 15.1. The Labute approximate surface area is 197 Å². The molecule has 1 saturated heterocycles. The minimum Gasteiger partial charge on any atom is -0.348 e. The van der Waals surface area contributed by atoms with Crippen LogP contribution in [-0.2, 0) is 17.9 Å². The fourth-order valence-electron chi connectivity index (χ4n) is 3.71. The maximum atomic E-state index is 13.2. The van der Waals surface area contributed by atoms with E-state index in [0.29, 0.717) is 28.2 Å². The van der Waals surface area contributed by atoms with Crippen molar-refractivity contribution in [2.45, 2.75) is 26.9 Å². The van der Waals surface area contributed by atoms with Crippen molar-refractivity contribution >= 4 is 50.5 Å². The third kappa shape index (κ3) is 4.68. The average Bonchev–Trinajstić information content (AvgIpc) is 2.73. The number of carbonyl (C=O) groups is 2. The van der Waals surface area contributed by atoms with E-state index in [1.165, 1.54) is 16.8 Å². The van der Waals surface area contributed by atoms with Crippen molar-refractivity contribution in [1.29, 1.82) is 0 Å². The van der Waals surface area contributed by atoms with Crippen LogP contribution in [0.5, 0.6) is 0 Å². The number of hydrogen-bond acceptors (Lipinski definition) is 5. The summed E-state index contributed by atoms with van der Waals surface area (Å²) in [5, 5.41) is 3.34. The summed E-state index contributed by atoms with van der Waals surface area (Å²) in [6.45, 7) is 5.41. The number of aromatic nitrogens is 3. The van der Waals surface area contributed by atoms with Gasteiger partial charge < -0.3 is 10.2 Å². The Morgan fingerprint density at radius 2 is 1.91 bits per heavy atom. The van der Waals surface area contributed by atoms with Crippen LogP contribution in [0.3, 0.4) is 0 Å². The number of pyridine rings is 1. The Kier molecular flexibility index (Phi) is 6.05. The second kappa shape index (κ2) is 8.63. The molecule has 0 spiro atoms. The number of rotatable bonds is 5. The number of carbonyl (C=O) groups excluding carboxylic acids is 2. The summed E-state index contributed by atoms with van der Waals surface area (Å²) >= 11 is 9.16. The lowest BCUT2D eigenvalue weighted by atomic mass is 9.84. The fraction of sp³-hybridized carbons (Fsp3) is 0.318. The van der Waals surface area contributed by atoms with Gasteiger partial charge in [-0.3, -0.25) is 19.0 Å². The zero-order valence-electron chi connectivity index (χ0n) is 17.6. The smallest absolute Gasteiger partial charge is 0.265 e. The first kappa shape index (κ1) is 22.4. The molecule has 2 amide bonds. The summed E-state index contributed by atoms with van der Waals surface area (Å²) in [4.78, 5) is 49.1. The van der Waals surface area contributed by atoms with Gasteiger partial charge in [-0.25, -0.2) is 9.97 Å². The third-order valence-corrected chi connectivity index (χ3v) is 5.89. The van der Waals surface area contributed by atoms with Gasteiger partial charge in [0.25, 0.3) is 11.5 Å². The lowest BCUT2D eigenvalue weighted by Gasteiger charge is -2.45. The molecule has 1 fully saturated rings. The minimum absolute atomic E-state index is 0.0662. The van der Waals surface area contributed by atoms with E-state index in [-0.39, 0.29) is 35.6 Å². The van der Waals surface area contributed by atoms with Gasteiger partial charge in [0.2, 0.25) is 5.91 Å². The number of nitrogens with one attached hydrogen (secondary N) is 1. The molecule has 0 unspecified atom stereocenters. The summed E-state index contributed by atoms with van der Waals surface area (Å²) in [6, 6.07) is 8.43. The van der Waals surface area contributed by atoms with E-state index in [1.54, 1.807) is 29.2 Å². The van der Waals surface area contributed by atoms with Crippen molar-refractivity contribution in [3.05, 3.63) is 67.6 Å². The molecule has 1 aliphatic heterocycles. The zero-order valence-corrected chi connectivity index (χ0v) is 19.9. The normalized spacial score (nSPS) is 14.8. The molecule has 0 bridgehead atoms. The van der Waals surface area contributed by atoms with Crippen molar-refractivity contribution in [3.8, 4) is 0 Å². The third-order valence-electron chi connectivity index (χ3n) is 5.26. The number of fused-ring (bicyclic) bond motifs is 1. The van der Waals surface area contributed by atoms with Crippen LogP contribution in [-0.4, -0.2) is 44.3 Å². The zero-order chi connectivity index (χ0) is 23.0. The molecule has 166 valence electrons. The van der Waals surface area contributed by atoms with Gasteiger partial charge in [-0.05, 0) is 45.1 Å². The monoisotopic (exact) mass is 517 g/mol. The quantitative estimate of drug-likeness (QED) is 0.560. The molecule has 1 N–H and O–H groups in total. The van der Waals surface area contributed by atoms with Crippen LogP contribution >= 0.6 is 27.5 Å². The Morgan fingerprint density at radius 3 is 2.56 bits per heavy atom. The van der Waals surface area contributed by atoms with Gasteiger partial charge in [0, 0.05) is 24.7 Å². The lowest BCUT2D eigenvalue weighted by molar-refractivity contribution is -0.142. The van der Waals surface area contributed by atoms with E-state index >= 15 is 0 Å². The van der Waals surface area contributed by atoms with Crippen molar-refractivity contribution in [2.75, 3.05) is 13.1 Å². The maximum Gasteiger partial charge on any atom is 0.265 e. The average molecular weight is 519 g/mol. The Balaban J connectivity index is 1.64. The van der Waals surface area contributed by atoms with Crippen molar-refractivity contribution in [1.82, 2.24) is 24.8 Å². The first-order valence-electron chi connectivity index (χ1n) is 9.99. The highest BCUT2D eigenvalue weighted by Gasteiger charge is 2.37. The topological polar surface area (TPSA) is 97.2 Å². The number of halogens is 2. The predicted molar refractivity (Wildman–Crippen MR) is 124 cm³/mol. The summed E-state index contributed by atoms with van der Waals surface area (Å²) < 4.78 is 1.68. The second-order valence-corrected chi connectivity index (χ2v) is 9.82. The molecule has 1 aromatic carbocycles. The van der Waals surface area contributed by atoms with E-state index in [1.807, 2.05) is 0 Å². The van der Waals surface area contributed by atoms with E-state index in [0.717, 1.165) is 5.56 Å². The number of nitrogens with zero attached hydrogens (tertiary/aromatic N) is 4. The Hall–Kier alpha value is -2.78. The molecule has 4 rings (SSSR count). The highest BCUT2D eigenvalue weighted by molar-refractivity contribution is 9.10. The molecule has 0 aliphatic carbocycles. The van der Waals surface area contributed by atoms with Crippen LogP contribution < -0.4 is 10.9 Å². The molecular formula is C22H21BrClN5O3. The predicted octanol–water partition coefficient (Wildman–Crippen LogP) is 3.01. The fourth-order valence-corrected chi connectivity index (χ4v) is 4.13. The van der Waals surface area contributed by atoms with Gasteiger partial charge in [-0.15, -0.1) is 0 Å². The van der Waals surface area contributed by atoms with Gasteiger partial charge in [0.1, 0.15) is 22.2 Å². The Morgan fingerprint density at radius 1 is 1.22 bits per heavy atom. The van der Waals surface area contributed by atoms with E-state index in [2.05, 4.69) is 45.1 Å². The van der Waals surface area contributed by atoms with E-state index in [4.69, 9.17) is 11.6 Å². The molecule has 0 atom stereocenters. The number of hydrogen-bond donors (Lipinski definition) is 1. The largest absolute Gasteiger partial charge is 0.348 e. The first-order valence-corrected chi connectivity index (χ1v) is 11.2. The van der Waals surface area contributed by atoms with Crippen LogP contribution in [0.4, 0.5) is 0 Å². The highest BCUT2D eigenvalue weighted by atomic mass is 79.9. The van der Waals surface area contributed by atoms with Crippen LogP contribution in [0.15, 0.2) is 45.9 Å². The molecule has 32 heavy (non-hydrogen) atoms. The molecule has 10 heteroatoms. The van der Waals surface area contributed by atoms with Crippen LogP contribution in [0.2, 0.25) is 5.02 Å². The maximum absolute atomic E-state index is 13.2. The van der Waals surface area contributed by atoms with Crippen molar-refractivity contribution in [2.24, 2.45) is 5.41 Å². The van der Waals surface area contributed by atoms with Crippen LogP contribution in [0, 0.1) is 5.41 Å². The lowest BCUT2D eigenvalue weighted by Crippen LogP contribution is -2.56. The standard InChI is InChI=1S/C22H21BrClN5O3/c1-22(2)11-28(12-22)18(30)10-29-19-16(27-17(23)9-25-19)7-15(21(29)32)20(31)26-8-13-3-5-14(24)6-4-13/h3-7,9H,8,10-12H2,1-2H3,(H,26,31). The van der Waals surface area contributed by atoms with Crippen molar-refractivity contribution in [3.63, 3.8) is 0 Å². The van der Waals surface area contributed by atoms with Crippen molar-refractivity contribution < 1.29 is 9.59 Å². The molecular weight excluding hydrogens is 498 g/mol. The number of amides is 2. The summed E-state index contributed by atoms with van der Waals surface area (Å²) in [5.41, 5.74) is 0.804. The molecule has 0 saturated carbocycles. The molecule has 1 aliphatic rings. The molecule has 3 aromatic rings. The molecule has 8 nitrogen and oxygen atoms in total. The summed E-state index contributed by atoms with van der Waals surface area (Å²) in [6.07, 6.45) is 1.45. The van der Waals surface area contributed by atoms with Gasteiger partial charge >= 0.3 is 0 Å². The number of likely N-dealkylation sites (tertiary alicyclic amines) is 1. The molecule has 3 heterocycles. The van der Waals surface area contributed by atoms with E-state index < -0.39 is 11.5 Å². The highest BCUT2D eigenvalue weighted by Crippen LogP contribution is 2.28. The van der Waals surface area contributed by atoms with Crippen LogP contribution in [0.1, 0.15) is 29.8 Å². The van der Waals surface area contributed by atoms with Crippen LogP contribution in [0.25, 0.3) is 11.2 Å². The van der Waals surface area contributed by atoms with Gasteiger partial charge in [-0.1, -0.05) is 37.6 Å². The molecule has 0 radical (unpaired) electrons. The van der Waals surface area contributed by atoms with E-state index in [9.17, 15) is 14.4 Å². The SMILES string of the molecule is CC1(C)CN(C(=O)Cn2c(=O)c(C(=O)NCc3ccc(Cl)cc3)cc3nc(Br)cnc32)C1. The second-order valence-electron chi connectivity index (χ2n) is 8.57. The van der Waals surface area contributed by atoms with Gasteiger partial charge in [-0.2, -0.15) is 0 Å². The van der Waals surface area contributed by atoms with Gasteiger partial charge in [0.05, 0.1) is 6.20 Å². The molecule has 2 aromatic heterocycles. The summed E-state index contributed by atoms with van der Waals surface area (Å²) in [7, 11) is 0.